The number of carbonyl (C=O) groups is 3. The van der Waals surface area contributed by atoms with Gasteiger partial charge in [0.15, 0.2) is 5.17 Å². The van der Waals surface area contributed by atoms with E-state index in [4.69, 9.17) is 16.3 Å². The summed E-state index contributed by atoms with van der Waals surface area (Å²) in [5, 5.41) is 3.18. The van der Waals surface area contributed by atoms with Gasteiger partial charge >= 0.3 is 5.97 Å². The monoisotopic (exact) mass is 535 g/mol. The lowest BCUT2D eigenvalue weighted by atomic mass is 10.1. The van der Waals surface area contributed by atoms with Crippen LogP contribution >= 0.6 is 23.4 Å². The number of rotatable bonds is 8. The predicted octanol–water partition coefficient (Wildman–Crippen LogP) is 5.72. The molecule has 190 valence electrons. The number of aliphatic imine (C=N–C) groups is 1. The SMILES string of the molecule is COC(=O)c1ccc(NC(=O)C2CC(=O)N(CCCc3ccccc3)C(=Nc3cccc(Cl)c3)S2)cc1. The number of anilines is 1. The Kier molecular flexibility index (Phi) is 8.98. The van der Waals surface area contributed by atoms with Gasteiger partial charge in [0, 0.05) is 23.7 Å². The molecule has 4 rings (SSSR count). The second kappa shape index (κ2) is 12.6. The number of amides is 2. The average molecular weight is 536 g/mol. The number of hydrogen-bond donors (Lipinski definition) is 1. The van der Waals surface area contributed by atoms with E-state index in [9.17, 15) is 14.4 Å². The average Bonchev–Trinajstić information content (AvgIpc) is 2.90. The third kappa shape index (κ3) is 7.21. The van der Waals surface area contributed by atoms with Gasteiger partial charge in [0.05, 0.1) is 18.4 Å². The molecule has 0 radical (unpaired) electrons. The van der Waals surface area contributed by atoms with Crippen LogP contribution in [0.25, 0.3) is 0 Å². The Morgan fingerprint density at radius 2 is 1.84 bits per heavy atom. The molecule has 1 heterocycles. The van der Waals surface area contributed by atoms with E-state index in [1.165, 1.54) is 24.4 Å². The summed E-state index contributed by atoms with van der Waals surface area (Å²) < 4.78 is 4.70. The van der Waals surface area contributed by atoms with E-state index in [0.29, 0.717) is 33.7 Å². The molecule has 1 N–H and O–H groups in total. The number of ether oxygens (including phenoxy) is 1. The second-order valence-electron chi connectivity index (χ2n) is 8.38. The van der Waals surface area contributed by atoms with Crippen molar-refractivity contribution in [2.24, 2.45) is 4.99 Å². The highest BCUT2D eigenvalue weighted by Crippen LogP contribution is 2.31. The van der Waals surface area contributed by atoms with Crippen molar-refractivity contribution >= 4 is 57.7 Å². The van der Waals surface area contributed by atoms with Crippen molar-refractivity contribution in [3.63, 3.8) is 0 Å². The minimum absolute atomic E-state index is 0.0522. The maximum Gasteiger partial charge on any atom is 0.337 e. The van der Waals surface area contributed by atoms with E-state index >= 15 is 0 Å². The fourth-order valence-corrected chi connectivity index (χ4v) is 5.14. The molecule has 0 spiro atoms. The summed E-state index contributed by atoms with van der Waals surface area (Å²) in [6.07, 6.45) is 1.64. The predicted molar refractivity (Wildman–Crippen MR) is 147 cm³/mol. The zero-order valence-electron chi connectivity index (χ0n) is 20.2. The first-order chi connectivity index (χ1) is 17.9. The summed E-state index contributed by atoms with van der Waals surface area (Å²) in [4.78, 5) is 44.3. The van der Waals surface area contributed by atoms with Gasteiger partial charge in [0.1, 0.15) is 5.25 Å². The summed E-state index contributed by atoms with van der Waals surface area (Å²) in [6, 6.07) is 23.5. The van der Waals surface area contributed by atoms with Crippen molar-refractivity contribution in [1.82, 2.24) is 4.90 Å². The smallest absolute Gasteiger partial charge is 0.337 e. The molecule has 0 bridgehead atoms. The number of nitrogens with zero attached hydrogens (tertiary/aromatic N) is 2. The summed E-state index contributed by atoms with van der Waals surface area (Å²) >= 11 is 7.39. The molecule has 3 aromatic rings. The van der Waals surface area contributed by atoms with Gasteiger partial charge < -0.3 is 10.1 Å². The number of aryl methyl sites for hydroxylation is 1. The lowest BCUT2D eigenvalue weighted by Gasteiger charge is -2.32. The van der Waals surface area contributed by atoms with Gasteiger partial charge in [-0.1, -0.05) is 59.8 Å². The molecule has 2 amide bonds. The Bertz CT molecular complexity index is 1300. The number of methoxy groups -OCH3 is 1. The summed E-state index contributed by atoms with van der Waals surface area (Å²) in [7, 11) is 1.31. The van der Waals surface area contributed by atoms with E-state index in [1.54, 1.807) is 53.4 Å². The molecule has 1 fully saturated rings. The zero-order valence-corrected chi connectivity index (χ0v) is 21.8. The number of benzene rings is 3. The number of hydrogen-bond acceptors (Lipinski definition) is 6. The molecule has 7 nitrogen and oxygen atoms in total. The van der Waals surface area contributed by atoms with Crippen molar-refractivity contribution in [3.8, 4) is 0 Å². The topological polar surface area (TPSA) is 88.1 Å². The van der Waals surface area contributed by atoms with Crippen LogP contribution in [0.3, 0.4) is 0 Å². The molecule has 0 saturated carbocycles. The van der Waals surface area contributed by atoms with Crippen LogP contribution in [-0.2, 0) is 20.7 Å². The van der Waals surface area contributed by atoms with E-state index in [0.717, 1.165) is 12.8 Å². The number of esters is 1. The zero-order chi connectivity index (χ0) is 26.2. The van der Waals surface area contributed by atoms with Crippen molar-refractivity contribution in [1.29, 1.82) is 0 Å². The molecule has 1 unspecified atom stereocenters. The summed E-state index contributed by atoms with van der Waals surface area (Å²) in [5.74, 6) is -0.929. The van der Waals surface area contributed by atoms with E-state index in [1.807, 2.05) is 18.2 Å². The highest BCUT2D eigenvalue weighted by Gasteiger charge is 2.35. The molecule has 0 aromatic heterocycles. The van der Waals surface area contributed by atoms with E-state index in [-0.39, 0.29) is 18.2 Å². The molecule has 1 aliphatic heterocycles. The molecule has 0 aliphatic carbocycles. The molecule has 9 heteroatoms. The maximum absolute atomic E-state index is 13.2. The first-order valence-corrected chi connectivity index (χ1v) is 13.0. The van der Waals surface area contributed by atoms with Gasteiger partial charge in [0.25, 0.3) is 0 Å². The Balaban J connectivity index is 1.49. The van der Waals surface area contributed by atoms with E-state index in [2.05, 4.69) is 22.4 Å². The lowest BCUT2D eigenvalue weighted by Crippen LogP contribution is -2.45. The standard InChI is InChI=1S/C28H26ClN3O4S/c1-36-27(35)20-12-14-22(15-13-20)30-26(34)24-18-25(33)32(16-6-9-19-7-3-2-4-8-19)28(37-24)31-23-11-5-10-21(29)17-23/h2-5,7-8,10-15,17,24H,6,9,16,18H2,1H3,(H,30,34). The molecular weight excluding hydrogens is 510 g/mol. The largest absolute Gasteiger partial charge is 0.465 e. The van der Waals surface area contributed by atoms with Crippen LogP contribution in [0, 0.1) is 0 Å². The number of halogens is 1. The molecule has 37 heavy (non-hydrogen) atoms. The summed E-state index contributed by atoms with van der Waals surface area (Å²) in [6.45, 7) is 0.490. The summed E-state index contributed by atoms with van der Waals surface area (Å²) in [5.41, 5.74) is 2.70. The third-order valence-corrected chi connectivity index (χ3v) is 7.15. The maximum atomic E-state index is 13.2. The fourth-order valence-electron chi connectivity index (χ4n) is 3.83. The first-order valence-electron chi connectivity index (χ1n) is 11.8. The van der Waals surface area contributed by atoms with Crippen LogP contribution in [0.2, 0.25) is 5.02 Å². The minimum Gasteiger partial charge on any atom is -0.465 e. The van der Waals surface area contributed by atoms with Crippen LogP contribution < -0.4 is 5.32 Å². The van der Waals surface area contributed by atoms with Gasteiger partial charge in [-0.05, 0) is 60.9 Å². The molecule has 3 aromatic carbocycles. The van der Waals surface area contributed by atoms with Crippen molar-refractivity contribution in [2.75, 3.05) is 19.0 Å². The van der Waals surface area contributed by atoms with Crippen LogP contribution in [-0.4, -0.2) is 46.8 Å². The Hall–Kier alpha value is -3.62. The van der Waals surface area contributed by atoms with Crippen LogP contribution in [0.4, 0.5) is 11.4 Å². The normalized spacial score (nSPS) is 16.5. The van der Waals surface area contributed by atoms with E-state index < -0.39 is 11.2 Å². The van der Waals surface area contributed by atoms with Gasteiger partial charge in [-0.25, -0.2) is 9.79 Å². The Morgan fingerprint density at radius 1 is 1.08 bits per heavy atom. The molecule has 1 aliphatic rings. The lowest BCUT2D eigenvalue weighted by molar-refractivity contribution is -0.129. The number of carbonyl (C=O) groups excluding carboxylic acids is 3. The van der Waals surface area contributed by atoms with Gasteiger partial charge in [-0.15, -0.1) is 0 Å². The number of amidine groups is 1. The van der Waals surface area contributed by atoms with Gasteiger partial charge in [-0.2, -0.15) is 0 Å². The first kappa shape index (κ1) is 26.4. The number of nitrogens with one attached hydrogen (secondary N) is 1. The Morgan fingerprint density at radius 3 is 2.54 bits per heavy atom. The molecule has 1 atom stereocenters. The van der Waals surface area contributed by atoms with Crippen molar-refractivity contribution < 1.29 is 19.1 Å². The van der Waals surface area contributed by atoms with Gasteiger partial charge in [0.2, 0.25) is 11.8 Å². The minimum atomic E-state index is -0.656. The fraction of sp³-hybridized carbons (Fsp3) is 0.214. The molecular formula is C28H26ClN3O4S. The Labute approximate surface area is 224 Å². The molecule has 1 saturated heterocycles. The van der Waals surface area contributed by atoms with Crippen molar-refractivity contribution in [2.45, 2.75) is 24.5 Å². The highest BCUT2D eigenvalue weighted by atomic mass is 35.5. The third-order valence-electron chi connectivity index (χ3n) is 5.73. The second-order valence-corrected chi connectivity index (χ2v) is 9.98. The van der Waals surface area contributed by atoms with Crippen LogP contribution in [0.1, 0.15) is 28.8 Å². The number of thioether (sulfide) groups is 1. The quantitative estimate of drug-likeness (QED) is 0.373. The van der Waals surface area contributed by atoms with Crippen molar-refractivity contribution in [3.05, 3.63) is 95.0 Å². The van der Waals surface area contributed by atoms with Crippen LogP contribution in [0.15, 0.2) is 83.9 Å². The highest BCUT2D eigenvalue weighted by molar-refractivity contribution is 8.15. The van der Waals surface area contributed by atoms with Crippen LogP contribution in [0.5, 0.6) is 0 Å². The van der Waals surface area contributed by atoms with Gasteiger partial charge in [-0.3, -0.25) is 14.5 Å².